The van der Waals surface area contributed by atoms with E-state index >= 15 is 0 Å². The number of aromatic nitrogens is 2. The average Bonchev–Trinajstić information content (AvgIpc) is 3.01. The van der Waals surface area contributed by atoms with Gasteiger partial charge < -0.3 is 14.9 Å². The van der Waals surface area contributed by atoms with Crippen LogP contribution in [-0.4, -0.2) is 33.2 Å². The van der Waals surface area contributed by atoms with Crippen LogP contribution in [0.2, 0.25) is 5.02 Å². The molecule has 1 amide bonds. The van der Waals surface area contributed by atoms with Crippen molar-refractivity contribution in [2.24, 2.45) is 5.92 Å². The molecule has 1 heterocycles. The van der Waals surface area contributed by atoms with Gasteiger partial charge in [-0.1, -0.05) is 30.6 Å². The molecule has 0 fully saturated rings. The first-order valence-corrected chi connectivity index (χ1v) is 8.33. The number of hydrogen-bond acceptors (Lipinski definition) is 5. The van der Waals surface area contributed by atoms with Crippen molar-refractivity contribution in [1.29, 1.82) is 0 Å². The van der Waals surface area contributed by atoms with Gasteiger partial charge in [-0.25, -0.2) is 4.79 Å². The summed E-state index contributed by atoms with van der Waals surface area (Å²) in [6.45, 7) is 3.80. The zero-order chi connectivity index (χ0) is 18.4. The molecule has 1 atom stereocenters. The summed E-state index contributed by atoms with van der Waals surface area (Å²) in [5.74, 6) is -0.505. The Kier molecular flexibility index (Phi) is 6.52. The first kappa shape index (κ1) is 18.9. The van der Waals surface area contributed by atoms with Crippen LogP contribution in [0.3, 0.4) is 0 Å². The van der Waals surface area contributed by atoms with E-state index in [1.165, 1.54) is 0 Å². The number of carboxylic acids is 1. The van der Waals surface area contributed by atoms with Crippen LogP contribution in [0.25, 0.3) is 11.4 Å². The molecule has 0 aliphatic carbocycles. The Bertz CT molecular complexity index is 728. The Hall–Kier alpha value is -2.41. The Balaban J connectivity index is 1.89. The third-order valence-electron chi connectivity index (χ3n) is 3.48. The van der Waals surface area contributed by atoms with Crippen molar-refractivity contribution in [2.75, 3.05) is 0 Å². The lowest BCUT2D eigenvalue weighted by Crippen LogP contribution is -2.41. The van der Waals surface area contributed by atoms with Crippen LogP contribution in [-0.2, 0) is 16.0 Å². The molecule has 0 aliphatic heterocycles. The van der Waals surface area contributed by atoms with Crippen molar-refractivity contribution in [2.45, 2.75) is 39.2 Å². The van der Waals surface area contributed by atoms with E-state index in [-0.39, 0.29) is 24.7 Å². The van der Waals surface area contributed by atoms with Gasteiger partial charge in [0.05, 0.1) is 0 Å². The summed E-state index contributed by atoms with van der Waals surface area (Å²) in [5.41, 5.74) is 0.756. The van der Waals surface area contributed by atoms with Crippen molar-refractivity contribution in [1.82, 2.24) is 15.5 Å². The molecule has 25 heavy (non-hydrogen) atoms. The summed E-state index contributed by atoms with van der Waals surface area (Å²) in [6.07, 6.45) is 0.687. The fourth-order valence-corrected chi connectivity index (χ4v) is 2.38. The number of carboxylic acid groups (broad SMARTS) is 1. The molecule has 7 nitrogen and oxygen atoms in total. The number of carbonyl (C=O) groups is 2. The van der Waals surface area contributed by atoms with E-state index in [0.29, 0.717) is 23.2 Å². The minimum absolute atomic E-state index is 0.0735. The number of hydrogen-bond donors (Lipinski definition) is 2. The molecule has 0 saturated heterocycles. The monoisotopic (exact) mass is 365 g/mol. The number of nitrogens with zero attached hydrogens (tertiary/aromatic N) is 2. The molecular weight excluding hydrogens is 346 g/mol. The van der Waals surface area contributed by atoms with Gasteiger partial charge in [0.2, 0.25) is 17.6 Å². The zero-order valence-electron chi connectivity index (χ0n) is 14.0. The van der Waals surface area contributed by atoms with Gasteiger partial charge in [0, 0.05) is 23.4 Å². The number of aryl methyl sites for hydroxylation is 1. The summed E-state index contributed by atoms with van der Waals surface area (Å²) >= 11 is 5.83. The lowest BCUT2D eigenvalue weighted by molar-refractivity contribution is -0.142. The SMILES string of the molecule is CC(C)C[C@H](NC(=O)CCc1nc(-c2ccc(Cl)cc2)no1)C(=O)O. The number of aliphatic carboxylic acids is 1. The van der Waals surface area contributed by atoms with Gasteiger partial charge >= 0.3 is 5.97 Å². The Labute approximate surface area is 150 Å². The van der Waals surface area contributed by atoms with Crippen molar-refractivity contribution in [3.63, 3.8) is 0 Å². The Morgan fingerprint density at radius 1 is 1.28 bits per heavy atom. The van der Waals surface area contributed by atoms with Gasteiger partial charge in [-0.15, -0.1) is 0 Å². The van der Waals surface area contributed by atoms with Crippen molar-refractivity contribution >= 4 is 23.5 Å². The zero-order valence-corrected chi connectivity index (χ0v) is 14.8. The highest BCUT2D eigenvalue weighted by molar-refractivity contribution is 6.30. The topological polar surface area (TPSA) is 105 Å². The summed E-state index contributed by atoms with van der Waals surface area (Å²) < 4.78 is 5.13. The number of benzene rings is 1. The van der Waals surface area contributed by atoms with Gasteiger partial charge in [0.15, 0.2) is 0 Å². The van der Waals surface area contributed by atoms with Gasteiger partial charge in [-0.3, -0.25) is 4.79 Å². The maximum Gasteiger partial charge on any atom is 0.326 e. The number of amides is 1. The number of rotatable bonds is 8. The normalized spacial score (nSPS) is 12.2. The number of carbonyl (C=O) groups excluding carboxylic acids is 1. The smallest absolute Gasteiger partial charge is 0.326 e. The first-order valence-electron chi connectivity index (χ1n) is 7.96. The van der Waals surface area contributed by atoms with E-state index < -0.39 is 12.0 Å². The van der Waals surface area contributed by atoms with E-state index in [1.54, 1.807) is 24.3 Å². The van der Waals surface area contributed by atoms with Crippen LogP contribution >= 0.6 is 11.6 Å². The Morgan fingerprint density at radius 3 is 2.56 bits per heavy atom. The van der Waals surface area contributed by atoms with Gasteiger partial charge in [-0.05, 0) is 36.6 Å². The highest BCUT2D eigenvalue weighted by Crippen LogP contribution is 2.19. The van der Waals surface area contributed by atoms with Crippen LogP contribution in [0.4, 0.5) is 0 Å². The maximum atomic E-state index is 11.9. The predicted octanol–water partition coefficient (Wildman–Crippen LogP) is 2.94. The molecule has 8 heteroatoms. The summed E-state index contributed by atoms with van der Waals surface area (Å²) in [5, 5.41) is 16.1. The largest absolute Gasteiger partial charge is 0.480 e. The van der Waals surface area contributed by atoms with Crippen molar-refractivity contribution in [3.8, 4) is 11.4 Å². The fourth-order valence-electron chi connectivity index (χ4n) is 2.25. The van der Waals surface area contributed by atoms with Gasteiger partial charge in [0.25, 0.3) is 0 Å². The van der Waals surface area contributed by atoms with Crippen LogP contribution in [0, 0.1) is 5.92 Å². The molecule has 1 aromatic heterocycles. The second-order valence-electron chi connectivity index (χ2n) is 6.11. The molecule has 0 bridgehead atoms. The van der Waals surface area contributed by atoms with Crippen LogP contribution < -0.4 is 5.32 Å². The van der Waals surface area contributed by atoms with Gasteiger partial charge in [0.1, 0.15) is 6.04 Å². The third-order valence-corrected chi connectivity index (χ3v) is 3.73. The summed E-state index contributed by atoms with van der Waals surface area (Å²) in [6, 6.07) is 6.10. The molecule has 0 aliphatic rings. The lowest BCUT2D eigenvalue weighted by atomic mass is 10.0. The van der Waals surface area contributed by atoms with Gasteiger partial charge in [-0.2, -0.15) is 4.98 Å². The van der Waals surface area contributed by atoms with E-state index in [0.717, 1.165) is 5.56 Å². The number of halogens is 1. The molecule has 0 spiro atoms. The molecule has 0 unspecified atom stereocenters. The van der Waals surface area contributed by atoms with Crippen LogP contribution in [0.5, 0.6) is 0 Å². The molecule has 134 valence electrons. The summed E-state index contributed by atoms with van der Waals surface area (Å²) in [4.78, 5) is 27.3. The molecule has 2 rings (SSSR count). The Morgan fingerprint density at radius 2 is 1.96 bits per heavy atom. The number of nitrogens with one attached hydrogen (secondary N) is 1. The van der Waals surface area contributed by atoms with E-state index in [9.17, 15) is 9.59 Å². The highest BCUT2D eigenvalue weighted by Gasteiger charge is 2.21. The second-order valence-corrected chi connectivity index (χ2v) is 6.54. The maximum absolute atomic E-state index is 11.9. The average molecular weight is 366 g/mol. The minimum Gasteiger partial charge on any atom is -0.480 e. The molecule has 2 N–H and O–H groups in total. The predicted molar refractivity (Wildman–Crippen MR) is 92.1 cm³/mol. The highest BCUT2D eigenvalue weighted by atomic mass is 35.5. The standard InChI is InChI=1S/C17H20ClN3O4/c1-10(2)9-13(17(23)24)19-14(22)7-8-15-20-16(21-25-15)11-3-5-12(18)6-4-11/h3-6,10,13H,7-9H2,1-2H3,(H,19,22)(H,23,24)/t13-/m0/s1. The van der Waals surface area contributed by atoms with Crippen molar-refractivity contribution < 1.29 is 19.2 Å². The van der Waals surface area contributed by atoms with E-state index in [4.69, 9.17) is 21.2 Å². The third kappa shape index (κ3) is 5.86. The molecule has 1 aromatic carbocycles. The first-order chi connectivity index (χ1) is 11.8. The van der Waals surface area contributed by atoms with Crippen molar-refractivity contribution in [3.05, 3.63) is 35.2 Å². The fraction of sp³-hybridized carbons (Fsp3) is 0.412. The lowest BCUT2D eigenvalue weighted by Gasteiger charge is -2.16. The molecule has 0 radical (unpaired) electrons. The van der Waals surface area contributed by atoms with E-state index in [1.807, 2.05) is 13.8 Å². The van der Waals surface area contributed by atoms with Crippen LogP contribution in [0.15, 0.2) is 28.8 Å². The van der Waals surface area contributed by atoms with E-state index in [2.05, 4.69) is 15.5 Å². The quantitative estimate of drug-likeness (QED) is 0.745. The molecule has 2 aromatic rings. The minimum atomic E-state index is -1.04. The summed E-state index contributed by atoms with van der Waals surface area (Å²) in [7, 11) is 0. The van der Waals surface area contributed by atoms with Crippen LogP contribution in [0.1, 0.15) is 32.6 Å². The molecule has 0 saturated carbocycles. The second kappa shape index (κ2) is 8.62. The molecular formula is C17H20ClN3O4.